The second kappa shape index (κ2) is 10.1. The van der Waals surface area contributed by atoms with E-state index in [0.29, 0.717) is 5.69 Å². The molecule has 1 amide bonds. The fourth-order valence-corrected chi connectivity index (χ4v) is 4.68. The van der Waals surface area contributed by atoms with Gasteiger partial charge in [0, 0.05) is 18.8 Å². The first-order valence-corrected chi connectivity index (χ1v) is 11.5. The van der Waals surface area contributed by atoms with Gasteiger partial charge in [0.2, 0.25) is 10.0 Å². The number of carbonyl (C=O) groups is 2. The molecule has 0 bridgehead atoms. The van der Waals surface area contributed by atoms with Crippen LogP contribution in [0.2, 0.25) is 0 Å². The number of ether oxygens (including phenoxy) is 3. The summed E-state index contributed by atoms with van der Waals surface area (Å²) in [6, 6.07) is 11.2. The van der Waals surface area contributed by atoms with Gasteiger partial charge in [0.15, 0.2) is 6.10 Å². The van der Waals surface area contributed by atoms with Crippen molar-refractivity contribution in [2.24, 2.45) is 0 Å². The molecular formula is C22H26N2O7S. The van der Waals surface area contributed by atoms with Gasteiger partial charge < -0.3 is 19.5 Å². The number of rotatable bonds is 7. The van der Waals surface area contributed by atoms with Crippen LogP contribution in [0.25, 0.3) is 0 Å². The van der Waals surface area contributed by atoms with E-state index in [1.165, 1.54) is 36.5 Å². The second-order valence-corrected chi connectivity index (χ2v) is 9.19. The maximum atomic E-state index is 13.1. The third-order valence-corrected chi connectivity index (χ3v) is 6.88. The second-order valence-electron chi connectivity index (χ2n) is 7.28. The molecule has 1 N–H and O–H groups in total. The third kappa shape index (κ3) is 5.45. The molecule has 0 aromatic heterocycles. The number of carbonyl (C=O) groups excluding carboxylic acids is 2. The number of benzene rings is 2. The van der Waals surface area contributed by atoms with Crippen molar-refractivity contribution >= 4 is 27.6 Å². The molecule has 1 fully saturated rings. The Kier molecular flexibility index (Phi) is 7.49. The van der Waals surface area contributed by atoms with Crippen LogP contribution >= 0.6 is 0 Å². The molecule has 9 nitrogen and oxygen atoms in total. The van der Waals surface area contributed by atoms with E-state index in [4.69, 9.17) is 14.2 Å². The Morgan fingerprint density at radius 1 is 1.09 bits per heavy atom. The van der Waals surface area contributed by atoms with Crippen LogP contribution in [0, 0.1) is 6.92 Å². The Balaban J connectivity index is 1.75. The minimum Gasteiger partial charge on any atom is -0.495 e. The maximum Gasteiger partial charge on any atom is 0.338 e. The number of anilines is 1. The molecule has 0 aliphatic carbocycles. The highest BCUT2D eigenvalue weighted by Gasteiger charge is 2.30. The van der Waals surface area contributed by atoms with Crippen LogP contribution < -0.4 is 10.1 Å². The Morgan fingerprint density at radius 2 is 1.75 bits per heavy atom. The Bertz CT molecular complexity index is 1080. The van der Waals surface area contributed by atoms with E-state index in [1.54, 1.807) is 12.1 Å². The number of sulfonamides is 1. The molecule has 1 aliphatic heterocycles. The molecule has 10 heteroatoms. The molecule has 0 saturated carbocycles. The van der Waals surface area contributed by atoms with Gasteiger partial charge >= 0.3 is 5.97 Å². The van der Waals surface area contributed by atoms with Gasteiger partial charge in [-0.25, -0.2) is 13.2 Å². The lowest BCUT2D eigenvalue weighted by Gasteiger charge is -2.26. The van der Waals surface area contributed by atoms with Crippen LogP contribution in [0.3, 0.4) is 0 Å². The van der Waals surface area contributed by atoms with Gasteiger partial charge in [-0.3, -0.25) is 4.79 Å². The predicted molar refractivity (Wildman–Crippen MR) is 117 cm³/mol. The van der Waals surface area contributed by atoms with E-state index in [9.17, 15) is 18.0 Å². The van der Waals surface area contributed by atoms with Crippen molar-refractivity contribution in [3.05, 3.63) is 53.6 Å². The summed E-state index contributed by atoms with van der Waals surface area (Å²) in [7, 11) is -2.56. The van der Waals surface area contributed by atoms with Crippen molar-refractivity contribution in [3.8, 4) is 5.75 Å². The summed E-state index contributed by atoms with van der Waals surface area (Å²) in [4.78, 5) is 24.9. The fraction of sp³-hybridized carbons (Fsp3) is 0.364. The number of hydrogen-bond acceptors (Lipinski definition) is 7. The van der Waals surface area contributed by atoms with Crippen LogP contribution in [0.15, 0.2) is 47.4 Å². The Hall–Kier alpha value is -2.95. The van der Waals surface area contributed by atoms with Crippen LogP contribution in [-0.2, 0) is 24.3 Å². The van der Waals surface area contributed by atoms with Crippen molar-refractivity contribution in [2.75, 3.05) is 38.7 Å². The zero-order valence-electron chi connectivity index (χ0n) is 18.2. The number of nitrogens with zero attached hydrogens (tertiary/aromatic N) is 1. The first-order valence-electron chi connectivity index (χ1n) is 10.1. The van der Waals surface area contributed by atoms with Gasteiger partial charge in [0.05, 0.1) is 25.9 Å². The molecule has 172 valence electrons. The average molecular weight is 463 g/mol. The van der Waals surface area contributed by atoms with Gasteiger partial charge in [-0.1, -0.05) is 17.7 Å². The molecule has 0 radical (unpaired) electrons. The predicted octanol–water partition coefficient (Wildman–Crippen LogP) is 2.21. The number of nitrogens with one attached hydrogen (secondary N) is 1. The fourth-order valence-electron chi connectivity index (χ4n) is 3.09. The lowest BCUT2D eigenvalue weighted by atomic mass is 10.2. The largest absolute Gasteiger partial charge is 0.495 e. The summed E-state index contributed by atoms with van der Waals surface area (Å²) in [6.45, 7) is 4.36. The van der Waals surface area contributed by atoms with Crippen LogP contribution in [0.4, 0.5) is 5.69 Å². The maximum absolute atomic E-state index is 13.1. The zero-order chi connectivity index (χ0) is 23.3. The quantitative estimate of drug-likeness (QED) is 0.628. The first-order chi connectivity index (χ1) is 15.2. The van der Waals surface area contributed by atoms with Gasteiger partial charge in [-0.05, 0) is 44.2 Å². The molecular weight excluding hydrogens is 436 g/mol. The monoisotopic (exact) mass is 462 g/mol. The minimum atomic E-state index is -3.91. The molecule has 2 aromatic rings. The van der Waals surface area contributed by atoms with E-state index >= 15 is 0 Å². The lowest BCUT2D eigenvalue weighted by Crippen LogP contribution is -2.40. The highest BCUT2D eigenvalue weighted by Crippen LogP contribution is 2.29. The van der Waals surface area contributed by atoms with E-state index in [-0.39, 0.29) is 42.5 Å². The Labute approximate surface area is 187 Å². The average Bonchev–Trinajstić information content (AvgIpc) is 2.80. The van der Waals surface area contributed by atoms with E-state index in [2.05, 4.69) is 5.32 Å². The number of morpholine rings is 1. The van der Waals surface area contributed by atoms with Crippen molar-refractivity contribution in [1.29, 1.82) is 0 Å². The first kappa shape index (κ1) is 23.7. The third-order valence-electron chi connectivity index (χ3n) is 4.96. The number of aryl methyl sites for hydroxylation is 1. The standard InChI is InChI=1S/C22H26N2O7S/c1-15-4-7-18(8-5-15)23-21(25)16(2)31-22(26)17-6-9-19(29-3)20(14-17)32(27,28)24-10-12-30-13-11-24/h4-9,14,16H,10-13H2,1-3H3,(H,23,25). The van der Waals surface area contributed by atoms with Gasteiger partial charge in [-0.15, -0.1) is 0 Å². The molecule has 1 heterocycles. The van der Waals surface area contributed by atoms with E-state index < -0.39 is 28.0 Å². The summed E-state index contributed by atoms with van der Waals surface area (Å²) in [5.74, 6) is -1.22. The highest BCUT2D eigenvalue weighted by molar-refractivity contribution is 7.89. The number of hydrogen-bond donors (Lipinski definition) is 1. The number of amides is 1. The number of methoxy groups -OCH3 is 1. The highest BCUT2D eigenvalue weighted by atomic mass is 32.2. The topological polar surface area (TPSA) is 111 Å². The van der Waals surface area contributed by atoms with Crippen molar-refractivity contribution in [1.82, 2.24) is 4.31 Å². The summed E-state index contributed by atoms with van der Waals surface area (Å²) >= 11 is 0. The Morgan fingerprint density at radius 3 is 2.38 bits per heavy atom. The summed E-state index contributed by atoms with van der Waals surface area (Å²) in [5.41, 5.74) is 1.62. The van der Waals surface area contributed by atoms with Crippen molar-refractivity contribution in [3.63, 3.8) is 0 Å². The summed E-state index contributed by atoms with van der Waals surface area (Å²) < 4.78 is 43.1. The van der Waals surface area contributed by atoms with Gasteiger partial charge in [-0.2, -0.15) is 4.31 Å². The smallest absolute Gasteiger partial charge is 0.338 e. The summed E-state index contributed by atoms with van der Waals surface area (Å²) in [6.07, 6.45) is -1.09. The minimum absolute atomic E-state index is 0.00683. The molecule has 2 aromatic carbocycles. The number of esters is 1. The SMILES string of the molecule is COc1ccc(C(=O)OC(C)C(=O)Nc2ccc(C)cc2)cc1S(=O)(=O)N1CCOCC1. The van der Waals surface area contributed by atoms with E-state index in [0.717, 1.165) is 5.56 Å². The molecule has 1 saturated heterocycles. The zero-order valence-corrected chi connectivity index (χ0v) is 19.0. The van der Waals surface area contributed by atoms with Gasteiger partial charge in [0.1, 0.15) is 10.6 Å². The lowest BCUT2D eigenvalue weighted by molar-refractivity contribution is -0.123. The van der Waals surface area contributed by atoms with Crippen molar-refractivity contribution in [2.45, 2.75) is 24.8 Å². The van der Waals surface area contributed by atoms with Gasteiger partial charge in [0.25, 0.3) is 5.91 Å². The summed E-state index contributed by atoms with van der Waals surface area (Å²) in [5, 5.41) is 2.67. The normalized spacial score (nSPS) is 15.6. The van der Waals surface area contributed by atoms with Crippen LogP contribution in [0.1, 0.15) is 22.8 Å². The molecule has 1 aliphatic rings. The molecule has 32 heavy (non-hydrogen) atoms. The molecule has 1 atom stereocenters. The van der Waals surface area contributed by atoms with E-state index in [1.807, 2.05) is 19.1 Å². The molecule has 3 rings (SSSR count). The van der Waals surface area contributed by atoms with Crippen molar-refractivity contribution < 1.29 is 32.2 Å². The molecule has 1 unspecified atom stereocenters. The van der Waals surface area contributed by atoms with Crippen LogP contribution in [0.5, 0.6) is 5.75 Å². The molecule has 0 spiro atoms. The van der Waals surface area contributed by atoms with Crippen LogP contribution in [-0.4, -0.2) is 64.1 Å².